The van der Waals surface area contributed by atoms with Gasteiger partial charge in [0.05, 0.1) is 13.2 Å². The number of piperidine rings is 1. The van der Waals surface area contributed by atoms with Crippen LogP contribution in [-0.4, -0.2) is 65.8 Å². The van der Waals surface area contributed by atoms with Crippen LogP contribution in [0.5, 0.6) is 0 Å². The van der Waals surface area contributed by atoms with E-state index in [2.05, 4.69) is 15.5 Å². The Morgan fingerprint density at radius 2 is 1.95 bits per heavy atom. The zero-order valence-corrected chi connectivity index (χ0v) is 22.1. The molecule has 1 unspecified atom stereocenters. The molecule has 2 saturated heterocycles. The van der Waals surface area contributed by atoms with Gasteiger partial charge in [-0.25, -0.2) is 0 Å². The van der Waals surface area contributed by atoms with Crippen LogP contribution >= 0.6 is 11.6 Å². The van der Waals surface area contributed by atoms with Gasteiger partial charge in [-0.15, -0.1) is 0 Å². The van der Waals surface area contributed by atoms with E-state index in [-0.39, 0.29) is 30.6 Å². The van der Waals surface area contributed by atoms with E-state index < -0.39 is 11.9 Å². The van der Waals surface area contributed by atoms with Crippen LogP contribution in [0.25, 0.3) is 0 Å². The summed E-state index contributed by atoms with van der Waals surface area (Å²) in [5.74, 6) is -1.09. The highest BCUT2D eigenvalue weighted by Crippen LogP contribution is 2.29. The molecule has 0 bridgehead atoms. The number of aryl methyl sites for hydroxylation is 1. The average Bonchev–Trinajstić information content (AvgIpc) is 3.22. The average molecular weight is 539 g/mol. The van der Waals surface area contributed by atoms with Gasteiger partial charge in [0.1, 0.15) is 6.04 Å². The number of carbonyl (C=O) groups is 4. The molecule has 1 atom stereocenters. The molecule has 3 aliphatic heterocycles. The van der Waals surface area contributed by atoms with E-state index in [1.54, 1.807) is 12.1 Å². The number of fused-ring (bicyclic) bond motifs is 1. The molecule has 0 aromatic heterocycles. The molecule has 2 aromatic carbocycles. The summed E-state index contributed by atoms with van der Waals surface area (Å²) in [7, 11) is 0. The summed E-state index contributed by atoms with van der Waals surface area (Å²) < 4.78 is 5.43. The normalized spacial score (nSPS) is 19.9. The van der Waals surface area contributed by atoms with Crippen LogP contribution in [-0.2, 0) is 38.6 Å². The van der Waals surface area contributed by atoms with Gasteiger partial charge in [0, 0.05) is 55.3 Å². The van der Waals surface area contributed by atoms with E-state index in [1.165, 1.54) is 4.90 Å². The van der Waals surface area contributed by atoms with Crippen LogP contribution < -0.4 is 10.6 Å². The number of hydrogen-bond donors (Lipinski definition) is 2. The van der Waals surface area contributed by atoms with Crippen molar-refractivity contribution < 1.29 is 23.9 Å². The number of ether oxygens (including phenoxy) is 1. The van der Waals surface area contributed by atoms with Gasteiger partial charge in [-0.1, -0.05) is 23.7 Å². The molecule has 0 aliphatic carbocycles. The Morgan fingerprint density at radius 3 is 2.71 bits per heavy atom. The van der Waals surface area contributed by atoms with Crippen molar-refractivity contribution in [1.82, 2.24) is 15.1 Å². The van der Waals surface area contributed by atoms with Crippen molar-refractivity contribution in [3.63, 3.8) is 0 Å². The van der Waals surface area contributed by atoms with Crippen molar-refractivity contribution in [3.8, 4) is 0 Å². The highest BCUT2D eigenvalue weighted by atomic mass is 35.5. The highest BCUT2D eigenvalue weighted by Gasteiger charge is 2.39. The van der Waals surface area contributed by atoms with Crippen molar-refractivity contribution in [1.29, 1.82) is 0 Å². The molecule has 5 rings (SSSR count). The summed E-state index contributed by atoms with van der Waals surface area (Å²) in [6.07, 6.45) is 1.26. The van der Waals surface area contributed by atoms with E-state index in [9.17, 15) is 19.2 Å². The van der Waals surface area contributed by atoms with Gasteiger partial charge in [-0.2, -0.15) is 0 Å². The predicted octanol–water partition coefficient (Wildman–Crippen LogP) is 2.81. The van der Waals surface area contributed by atoms with E-state index in [1.807, 2.05) is 25.1 Å². The number of morpholine rings is 1. The topological polar surface area (TPSA) is 108 Å². The van der Waals surface area contributed by atoms with Crippen molar-refractivity contribution >= 4 is 40.9 Å². The Balaban J connectivity index is 1.19. The molecular formula is C28H31ClN4O5. The number of amides is 4. The Hall–Kier alpha value is -3.27. The Kier molecular flexibility index (Phi) is 7.78. The maximum atomic E-state index is 13.0. The molecule has 4 amide bonds. The summed E-state index contributed by atoms with van der Waals surface area (Å²) in [5.41, 5.74) is 5.00. The second-order valence-corrected chi connectivity index (χ2v) is 10.5. The first-order valence-electron chi connectivity index (χ1n) is 12.9. The number of halogens is 1. The highest BCUT2D eigenvalue weighted by molar-refractivity contribution is 6.31. The molecule has 38 heavy (non-hydrogen) atoms. The number of anilines is 1. The lowest BCUT2D eigenvalue weighted by atomic mass is 10.0. The van der Waals surface area contributed by atoms with Gasteiger partial charge in [0.2, 0.25) is 17.7 Å². The second kappa shape index (κ2) is 11.2. The molecule has 0 saturated carbocycles. The smallest absolute Gasteiger partial charge is 0.255 e. The summed E-state index contributed by atoms with van der Waals surface area (Å²) in [6.45, 7) is 6.23. The number of rotatable bonds is 7. The molecule has 2 N–H and O–H groups in total. The number of carbonyl (C=O) groups excluding carboxylic acids is 4. The maximum absolute atomic E-state index is 13.0. The van der Waals surface area contributed by atoms with Crippen LogP contribution in [0.3, 0.4) is 0 Å². The van der Waals surface area contributed by atoms with E-state index >= 15 is 0 Å². The molecule has 0 radical (unpaired) electrons. The number of nitrogens with zero attached hydrogens (tertiary/aromatic N) is 2. The zero-order valence-electron chi connectivity index (χ0n) is 21.3. The van der Waals surface area contributed by atoms with Gasteiger partial charge < -0.3 is 15.0 Å². The third kappa shape index (κ3) is 5.75. The fourth-order valence-corrected chi connectivity index (χ4v) is 5.45. The quantitative estimate of drug-likeness (QED) is 0.525. The lowest BCUT2D eigenvalue weighted by Gasteiger charge is -2.29. The SMILES string of the molecule is Cc1c(Cl)cc(NC(=O)CCc2ccc3c(c2)C(=O)N(C2CCC(=O)NC2=O)C3)cc1CN1CCOCC1. The summed E-state index contributed by atoms with van der Waals surface area (Å²) in [4.78, 5) is 53.4. The zero-order chi connectivity index (χ0) is 26.8. The maximum Gasteiger partial charge on any atom is 0.255 e. The Labute approximate surface area is 226 Å². The van der Waals surface area contributed by atoms with E-state index in [0.717, 1.165) is 41.9 Å². The minimum atomic E-state index is -0.642. The molecule has 0 spiro atoms. The molecule has 10 heteroatoms. The molecule has 2 fully saturated rings. The van der Waals surface area contributed by atoms with E-state index in [0.29, 0.717) is 48.9 Å². The van der Waals surface area contributed by atoms with Crippen LogP contribution in [0.1, 0.15) is 51.9 Å². The standard InChI is InChI=1S/C28H31ClN4O5/c1-17-20(15-32-8-10-38-11-9-32)13-21(14-23(17)29)30-25(34)6-3-18-2-4-19-16-33(28(37)22(19)12-18)24-5-7-26(35)31-27(24)36/h2,4,12-14,24H,3,5-11,15-16H2,1H3,(H,30,34)(H,31,35,36). The molecule has 9 nitrogen and oxygen atoms in total. The Morgan fingerprint density at radius 1 is 1.16 bits per heavy atom. The van der Waals surface area contributed by atoms with Crippen LogP contribution in [0.4, 0.5) is 5.69 Å². The minimum Gasteiger partial charge on any atom is -0.379 e. The number of nitrogens with one attached hydrogen (secondary N) is 2. The summed E-state index contributed by atoms with van der Waals surface area (Å²) in [6, 6.07) is 8.71. The monoisotopic (exact) mass is 538 g/mol. The lowest BCUT2D eigenvalue weighted by Crippen LogP contribution is -2.52. The first kappa shape index (κ1) is 26.3. The van der Waals surface area contributed by atoms with Gasteiger partial charge >= 0.3 is 0 Å². The molecule has 200 valence electrons. The largest absolute Gasteiger partial charge is 0.379 e. The molecular weight excluding hydrogens is 508 g/mol. The number of benzene rings is 2. The third-order valence-corrected chi connectivity index (χ3v) is 7.86. The van der Waals surface area contributed by atoms with Crippen molar-refractivity contribution in [2.24, 2.45) is 0 Å². The van der Waals surface area contributed by atoms with Gasteiger partial charge in [-0.3, -0.25) is 29.4 Å². The fourth-order valence-electron chi connectivity index (χ4n) is 5.21. The summed E-state index contributed by atoms with van der Waals surface area (Å²) >= 11 is 6.47. The fraction of sp³-hybridized carbons (Fsp3) is 0.429. The summed E-state index contributed by atoms with van der Waals surface area (Å²) in [5, 5.41) is 5.89. The van der Waals surface area contributed by atoms with Gasteiger partial charge in [0.15, 0.2) is 0 Å². The number of imide groups is 1. The third-order valence-electron chi connectivity index (χ3n) is 7.47. The predicted molar refractivity (Wildman–Crippen MR) is 142 cm³/mol. The minimum absolute atomic E-state index is 0.140. The van der Waals surface area contributed by atoms with Crippen LogP contribution in [0.15, 0.2) is 30.3 Å². The first-order chi connectivity index (χ1) is 18.3. The molecule has 2 aromatic rings. The second-order valence-electron chi connectivity index (χ2n) is 10.1. The molecule has 3 heterocycles. The van der Waals surface area contributed by atoms with E-state index in [4.69, 9.17) is 16.3 Å². The lowest BCUT2D eigenvalue weighted by molar-refractivity contribution is -0.137. The van der Waals surface area contributed by atoms with Crippen LogP contribution in [0, 0.1) is 6.92 Å². The Bertz CT molecular complexity index is 1290. The van der Waals surface area contributed by atoms with Crippen molar-refractivity contribution in [2.75, 3.05) is 31.6 Å². The van der Waals surface area contributed by atoms with Crippen molar-refractivity contribution in [3.05, 3.63) is 63.2 Å². The number of hydrogen-bond acceptors (Lipinski definition) is 6. The van der Waals surface area contributed by atoms with Crippen LogP contribution in [0.2, 0.25) is 5.02 Å². The van der Waals surface area contributed by atoms with Crippen molar-refractivity contribution in [2.45, 2.75) is 51.7 Å². The molecule has 3 aliphatic rings. The van der Waals surface area contributed by atoms with Gasteiger partial charge in [0.25, 0.3) is 5.91 Å². The first-order valence-corrected chi connectivity index (χ1v) is 13.3. The van der Waals surface area contributed by atoms with Gasteiger partial charge in [-0.05, 0) is 60.2 Å².